The molecule has 0 unspecified atom stereocenters. The highest BCUT2D eigenvalue weighted by molar-refractivity contribution is 5.22. The Labute approximate surface area is 84.0 Å². The molecule has 2 nitrogen and oxygen atoms in total. The van der Waals surface area contributed by atoms with Crippen molar-refractivity contribution in [3.05, 3.63) is 59.9 Å². The van der Waals surface area contributed by atoms with E-state index < -0.39 is 0 Å². The lowest BCUT2D eigenvalue weighted by atomic mass is 10.1. The average molecular weight is 186 g/mol. The van der Waals surface area contributed by atoms with Crippen LogP contribution in [-0.2, 0) is 13.1 Å². The third-order valence-corrected chi connectivity index (χ3v) is 2.29. The van der Waals surface area contributed by atoms with E-state index in [1.165, 1.54) is 11.1 Å². The molecule has 0 saturated carbocycles. The Hall–Kier alpha value is -1.54. The van der Waals surface area contributed by atoms with Crippen molar-refractivity contribution in [1.82, 2.24) is 4.57 Å². The van der Waals surface area contributed by atoms with Crippen molar-refractivity contribution in [2.75, 3.05) is 0 Å². The van der Waals surface area contributed by atoms with Crippen LogP contribution in [0.3, 0.4) is 0 Å². The summed E-state index contributed by atoms with van der Waals surface area (Å²) < 4.78 is 2.15. The van der Waals surface area contributed by atoms with E-state index in [4.69, 9.17) is 5.73 Å². The highest BCUT2D eigenvalue weighted by Gasteiger charge is 1.94. The largest absolute Gasteiger partial charge is 0.350 e. The Balaban J connectivity index is 2.10. The van der Waals surface area contributed by atoms with Crippen LogP contribution >= 0.6 is 0 Å². The highest BCUT2D eigenvalue weighted by atomic mass is 14.9. The molecule has 2 heteroatoms. The van der Waals surface area contributed by atoms with Gasteiger partial charge in [0.25, 0.3) is 0 Å². The van der Waals surface area contributed by atoms with Crippen LogP contribution in [0.25, 0.3) is 0 Å². The van der Waals surface area contributed by atoms with Gasteiger partial charge < -0.3 is 10.3 Å². The van der Waals surface area contributed by atoms with Gasteiger partial charge in [0.1, 0.15) is 0 Å². The molecule has 14 heavy (non-hydrogen) atoms. The topological polar surface area (TPSA) is 30.9 Å². The number of nitrogens with zero attached hydrogens (tertiary/aromatic N) is 1. The van der Waals surface area contributed by atoms with Gasteiger partial charge in [0.2, 0.25) is 0 Å². The Morgan fingerprint density at radius 3 is 2.07 bits per heavy atom. The monoisotopic (exact) mass is 186 g/mol. The molecule has 0 bridgehead atoms. The molecule has 2 aromatic rings. The minimum Gasteiger partial charge on any atom is -0.350 e. The standard InChI is InChI=1S/C12H14N2/c13-9-11-3-5-12(6-4-11)10-14-7-1-2-8-14/h1-8H,9-10,13H2. The Kier molecular flexibility index (Phi) is 2.65. The van der Waals surface area contributed by atoms with E-state index >= 15 is 0 Å². The maximum atomic E-state index is 5.53. The highest BCUT2D eigenvalue weighted by Crippen LogP contribution is 2.06. The van der Waals surface area contributed by atoms with E-state index in [0.717, 1.165) is 6.54 Å². The smallest absolute Gasteiger partial charge is 0.0470 e. The lowest BCUT2D eigenvalue weighted by Gasteiger charge is -2.03. The molecule has 72 valence electrons. The van der Waals surface area contributed by atoms with Crippen molar-refractivity contribution < 1.29 is 0 Å². The Morgan fingerprint density at radius 1 is 0.929 bits per heavy atom. The van der Waals surface area contributed by atoms with E-state index in [0.29, 0.717) is 6.54 Å². The molecule has 1 aromatic carbocycles. The molecule has 0 aliphatic heterocycles. The van der Waals surface area contributed by atoms with Gasteiger partial charge in [0.15, 0.2) is 0 Å². The molecule has 2 N–H and O–H groups in total. The summed E-state index contributed by atoms with van der Waals surface area (Å²) in [4.78, 5) is 0. The Bertz CT molecular complexity index is 373. The number of hydrogen-bond acceptors (Lipinski definition) is 1. The van der Waals surface area contributed by atoms with Gasteiger partial charge in [0, 0.05) is 25.5 Å². The summed E-state index contributed by atoms with van der Waals surface area (Å²) in [5.74, 6) is 0. The number of benzene rings is 1. The molecule has 0 spiro atoms. The quantitative estimate of drug-likeness (QED) is 0.781. The summed E-state index contributed by atoms with van der Waals surface area (Å²) in [5.41, 5.74) is 8.02. The van der Waals surface area contributed by atoms with Crippen LogP contribution in [0.5, 0.6) is 0 Å². The van der Waals surface area contributed by atoms with Crippen molar-refractivity contribution in [3.8, 4) is 0 Å². The molecule has 0 aliphatic carbocycles. The molecule has 0 atom stereocenters. The molecule has 0 radical (unpaired) electrons. The molecule has 0 amide bonds. The molecular weight excluding hydrogens is 172 g/mol. The van der Waals surface area contributed by atoms with E-state index in [2.05, 4.69) is 41.2 Å². The number of nitrogens with two attached hydrogens (primary N) is 1. The molecule has 0 saturated heterocycles. The second-order valence-corrected chi connectivity index (χ2v) is 3.38. The zero-order chi connectivity index (χ0) is 9.80. The van der Waals surface area contributed by atoms with Crippen LogP contribution in [0.2, 0.25) is 0 Å². The second-order valence-electron chi connectivity index (χ2n) is 3.38. The summed E-state index contributed by atoms with van der Waals surface area (Å²) in [6, 6.07) is 12.5. The van der Waals surface area contributed by atoms with Gasteiger partial charge in [-0.1, -0.05) is 24.3 Å². The predicted octanol–water partition coefficient (Wildman–Crippen LogP) is 2.00. The number of aromatic nitrogens is 1. The van der Waals surface area contributed by atoms with E-state index in [1.807, 2.05) is 12.1 Å². The van der Waals surface area contributed by atoms with Crippen molar-refractivity contribution in [1.29, 1.82) is 0 Å². The third kappa shape index (κ3) is 2.03. The van der Waals surface area contributed by atoms with Crippen LogP contribution in [-0.4, -0.2) is 4.57 Å². The summed E-state index contributed by atoms with van der Waals surface area (Å²) in [6.07, 6.45) is 4.13. The van der Waals surface area contributed by atoms with Gasteiger partial charge in [-0.15, -0.1) is 0 Å². The molecule has 1 aromatic heterocycles. The maximum absolute atomic E-state index is 5.53. The fourth-order valence-corrected chi connectivity index (χ4v) is 1.47. The summed E-state index contributed by atoms with van der Waals surface area (Å²) >= 11 is 0. The van der Waals surface area contributed by atoms with Crippen LogP contribution in [0, 0.1) is 0 Å². The second kappa shape index (κ2) is 4.11. The van der Waals surface area contributed by atoms with Gasteiger partial charge >= 0.3 is 0 Å². The SMILES string of the molecule is NCc1ccc(Cn2cccc2)cc1. The first-order chi connectivity index (χ1) is 6.88. The van der Waals surface area contributed by atoms with Gasteiger partial charge in [-0.25, -0.2) is 0 Å². The average Bonchev–Trinajstić information content (AvgIpc) is 2.72. The van der Waals surface area contributed by atoms with Crippen LogP contribution < -0.4 is 5.73 Å². The van der Waals surface area contributed by atoms with Crippen molar-refractivity contribution >= 4 is 0 Å². The minimum absolute atomic E-state index is 0.615. The van der Waals surface area contributed by atoms with E-state index in [9.17, 15) is 0 Å². The maximum Gasteiger partial charge on any atom is 0.0470 e. The molecule has 0 fully saturated rings. The normalized spacial score (nSPS) is 10.4. The lowest BCUT2D eigenvalue weighted by Crippen LogP contribution is -1.98. The van der Waals surface area contributed by atoms with Crippen molar-refractivity contribution in [2.24, 2.45) is 5.73 Å². The fourth-order valence-electron chi connectivity index (χ4n) is 1.47. The van der Waals surface area contributed by atoms with Gasteiger partial charge in [-0.05, 0) is 23.3 Å². The summed E-state index contributed by atoms with van der Waals surface area (Å²) in [7, 11) is 0. The summed E-state index contributed by atoms with van der Waals surface area (Å²) in [6.45, 7) is 1.54. The zero-order valence-electron chi connectivity index (χ0n) is 8.06. The van der Waals surface area contributed by atoms with Crippen LogP contribution in [0.15, 0.2) is 48.8 Å². The number of rotatable bonds is 3. The van der Waals surface area contributed by atoms with Crippen LogP contribution in [0.1, 0.15) is 11.1 Å². The molecule has 1 heterocycles. The zero-order valence-corrected chi connectivity index (χ0v) is 8.06. The summed E-state index contributed by atoms with van der Waals surface area (Å²) in [5, 5.41) is 0. The molecule has 0 aliphatic rings. The molecule has 2 rings (SSSR count). The Morgan fingerprint density at radius 2 is 1.50 bits per heavy atom. The van der Waals surface area contributed by atoms with Gasteiger partial charge in [-0.2, -0.15) is 0 Å². The number of hydrogen-bond donors (Lipinski definition) is 1. The lowest BCUT2D eigenvalue weighted by molar-refractivity contribution is 0.805. The van der Waals surface area contributed by atoms with Crippen LogP contribution in [0.4, 0.5) is 0 Å². The van der Waals surface area contributed by atoms with Gasteiger partial charge in [0.05, 0.1) is 0 Å². The first-order valence-electron chi connectivity index (χ1n) is 4.77. The molecular formula is C12H14N2. The minimum atomic E-state index is 0.615. The van der Waals surface area contributed by atoms with Gasteiger partial charge in [-0.3, -0.25) is 0 Å². The van der Waals surface area contributed by atoms with Crippen molar-refractivity contribution in [3.63, 3.8) is 0 Å². The van der Waals surface area contributed by atoms with E-state index in [-0.39, 0.29) is 0 Å². The predicted molar refractivity (Wildman–Crippen MR) is 57.9 cm³/mol. The first-order valence-corrected chi connectivity index (χ1v) is 4.77. The van der Waals surface area contributed by atoms with Crippen molar-refractivity contribution in [2.45, 2.75) is 13.1 Å². The first kappa shape index (κ1) is 9.03. The third-order valence-electron chi connectivity index (χ3n) is 2.29. The van der Waals surface area contributed by atoms with E-state index in [1.54, 1.807) is 0 Å². The fraction of sp³-hybridized carbons (Fsp3) is 0.167.